The van der Waals surface area contributed by atoms with Gasteiger partial charge in [0.2, 0.25) is 0 Å². The zero-order chi connectivity index (χ0) is 14.6. The number of carbonyl (C=O) groups is 2. The molecule has 1 aromatic rings. The van der Waals surface area contributed by atoms with Crippen LogP contribution in [0.4, 0.5) is 0 Å². The van der Waals surface area contributed by atoms with Gasteiger partial charge in [-0.25, -0.2) is 0 Å². The van der Waals surface area contributed by atoms with Crippen LogP contribution in [0.25, 0.3) is 5.73 Å². The molecule has 0 radical (unpaired) electrons. The molecule has 5 heteroatoms. The maximum absolute atomic E-state index is 11.4. The maximum atomic E-state index is 11.4. The second-order valence-corrected chi connectivity index (χ2v) is 4.48. The summed E-state index contributed by atoms with van der Waals surface area (Å²) in [6.07, 6.45) is 0. The third-order valence-corrected chi connectivity index (χ3v) is 2.52. The first-order valence-corrected chi connectivity index (χ1v) is 5.97. The summed E-state index contributed by atoms with van der Waals surface area (Å²) in [6.45, 7) is 6.62. The van der Waals surface area contributed by atoms with Crippen LogP contribution in [0.15, 0.2) is 12.1 Å². The molecule has 0 spiro atoms. The largest absolute Gasteiger partial charge is 0.666 e. The summed E-state index contributed by atoms with van der Waals surface area (Å²) >= 11 is 0. The molecule has 0 amide bonds. The molecule has 1 unspecified atom stereocenters. The Hall–Kier alpha value is -1.88. The third kappa shape index (κ3) is 4.37. The van der Waals surface area contributed by atoms with E-state index in [4.69, 9.17) is 15.2 Å². The Morgan fingerprint density at radius 1 is 1.26 bits per heavy atom. The number of hydrogen-bond acceptors (Lipinski definition) is 4. The van der Waals surface area contributed by atoms with Gasteiger partial charge in [-0.1, -0.05) is 6.92 Å². The minimum Gasteiger partial charge on any atom is -0.666 e. The van der Waals surface area contributed by atoms with E-state index in [1.165, 1.54) is 13.8 Å². The molecule has 0 bridgehead atoms. The highest BCUT2D eigenvalue weighted by Gasteiger charge is 2.12. The Morgan fingerprint density at radius 2 is 1.79 bits per heavy atom. The quantitative estimate of drug-likeness (QED) is 0.619. The van der Waals surface area contributed by atoms with Crippen LogP contribution >= 0.6 is 0 Å². The van der Waals surface area contributed by atoms with E-state index in [9.17, 15) is 9.59 Å². The lowest BCUT2D eigenvalue weighted by molar-refractivity contribution is -0.142. The van der Waals surface area contributed by atoms with E-state index in [1.807, 2.05) is 13.8 Å². The summed E-state index contributed by atoms with van der Waals surface area (Å²) in [6, 6.07) is 2.68. The fourth-order valence-corrected chi connectivity index (χ4v) is 1.66. The second-order valence-electron chi connectivity index (χ2n) is 4.48. The molecule has 1 rings (SSSR count). The molecule has 0 saturated heterocycles. The Morgan fingerprint density at radius 3 is 2.21 bits per heavy atom. The van der Waals surface area contributed by atoms with E-state index >= 15 is 0 Å². The number of benzene rings is 1. The van der Waals surface area contributed by atoms with E-state index in [0.29, 0.717) is 5.75 Å². The molecule has 1 atom stereocenters. The van der Waals surface area contributed by atoms with Gasteiger partial charge < -0.3 is 15.2 Å². The topological polar surface area (TPSA) is 76.4 Å². The average Bonchev–Trinajstić information content (AvgIpc) is 2.30. The lowest BCUT2D eigenvalue weighted by atomic mass is 10.1. The molecule has 0 fully saturated rings. The van der Waals surface area contributed by atoms with E-state index in [1.54, 1.807) is 12.1 Å². The van der Waals surface area contributed by atoms with Crippen molar-refractivity contribution in [1.82, 2.24) is 0 Å². The number of ether oxygens (including phenoxy) is 2. The van der Waals surface area contributed by atoms with E-state index in [0.717, 1.165) is 16.7 Å². The molecule has 0 saturated carbocycles. The van der Waals surface area contributed by atoms with Gasteiger partial charge in [-0.2, -0.15) is 0 Å². The smallest absolute Gasteiger partial charge is 0.302 e. The van der Waals surface area contributed by atoms with Gasteiger partial charge in [-0.15, -0.1) is 0 Å². The number of hydrogen-bond donors (Lipinski definition) is 0. The number of carbonyl (C=O) groups excluding carboxylic acids is 2. The van der Waals surface area contributed by atoms with Gasteiger partial charge >= 0.3 is 5.97 Å². The zero-order valence-corrected chi connectivity index (χ0v) is 11.6. The molecule has 5 nitrogen and oxygen atoms in total. The van der Waals surface area contributed by atoms with Gasteiger partial charge in [0.15, 0.2) is 0 Å². The fraction of sp³-hybridized carbons (Fsp3) is 0.429. The molecule has 0 aliphatic heterocycles. The first-order valence-electron chi connectivity index (χ1n) is 5.97. The first-order chi connectivity index (χ1) is 8.81. The number of aryl methyl sites for hydroxylation is 2. The Balaban J connectivity index is 2.91. The van der Waals surface area contributed by atoms with Crippen molar-refractivity contribution in [3.63, 3.8) is 0 Å². The Bertz CT molecular complexity index is 471. The third-order valence-electron chi connectivity index (χ3n) is 2.52. The molecular formula is C14H18NO4-. The van der Waals surface area contributed by atoms with E-state index < -0.39 is 12.0 Å². The van der Waals surface area contributed by atoms with Crippen LogP contribution < -0.4 is 4.74 Å². The highest BCUT2D eigenvalue weighted by molar-refractivity contribution is 5.79. The molecule has 104 valence electrons. The van der Waals surface area contributed by atoms with Crippen LogP contribution in [-0.4, -0.2) is 18.0 Å². The van der Waals surface area contributed by atoms with Crippen molar-refractivity contribution in [2.24, 2.45) is 0 Å². The van der Waals surface area contributed by atoms with Crippen LogP contribution in [0.2, 0.25) is 0 Å². The normalized spacial score (nSPS) is 11.8. The minimum absolute atomic E-state index is 0.195. The second kappa shape index (κ2) is 6.33. The van der Waals surface area contributed by atoms with Crippen LogP contribution in [0.5, 0.6) is 5.75 Å². The van der Waals surface area contributed by atoms with Gasteiger partial charge in [-0.05, 0) is 48.7 Å². The molecule has 0 heterocycles. The van der Waals surface area contributed by atoms with Crippen molar-refractivity contribution in [3.8, 4) is 5.75 Å². The van der Waals surface area contributed by atoms with Crippen molar-refractivity contribution in [2.45, 2.75) is 40.3 Å². The van der Waals surface area contributed by atoms with E-state index in [-0.39, 0.29) is 12.6 Å². The molecular weight excluding hydrogens is 246 g/mol. The number of nitrogens with one attached hydrogen (secondary N) is 1. The van der Waals surface area contributed by atoms with Crippen molar-refractivity contribution < 1.29 is 19.1 Å². The average molecular weight is 264 g/mol. The van der Waals surface area contributed by atoms with Crippen molar-refractivity contribution in [3.05, 3.63) is 34.6 Å². The van der Waals surface area contributed by atoms with Gasteiger partial charge in [0.05, 0.1) is 0 Å². The monoisotopic (exact) mass is 264 g/mol. The summed E-state index contributed by atoms with van der Waals surface area (Å²) in [5.41, 5.74) is 9.68. The summed E-state index contributed by atoms with van der Waals surface area (Å²) in [5, 5.41) is 0. The van der Waals surface area contributed by atoms with Crippen LogP contribution in [-0.2, 0) is 20.9 Å². The summed E-state index contributed by atoms with van der Waals surface area (Å²) in [7, 11) is 0. The Labute approximate surface area is 112 Å². The fourth-order valence-electron chi connectivity index (χ4n) is 1.66. The van der Waals surface area contributed by atoms with E-state index in [2.05, 4.69) is 0 Å². The molecule has 1 N–H and O–H groups in total. The first kappa shape index (κ1) is 15.2. The summed E-state index contributed by atoms with van der Waals surface area (Å²) < 4.78 is 10.1. The van der Waals surface area contributed by atoms with Crippen LogP contribution in [0.1, 0.15) is 30.5 Å². The minimum atomic E-state index is -0.917. The maximum Gasteiger partial charge on any atom is 0.302 e. The highest BCUT2D eigenvalue weighted by atomic mass is 16.5. The summed E-state index contributed by atoms with van der Waals surface area (Å²) in [4.78, 5) is 22.2. The molecule has 19 heavy (non-hydrogen) atoms. The Kier molecular flexibility index (Phi) is 5.06. The number of rotatable bonds is 4. The van der Waals surface area contributed by atoms with Crippen molar-refractivity contribution >= 4 is 11.9 Å². The lowest BCUT2D eigenvalue weighted by Gasteiger charge is -2.16. The van der Waals surface area contributed by atoms with Gasteiger partial charge in [0.1, 0.15) is 12.4 Å². The van der Waals surface area contributed by atoms with Crippen LogP contribution in [0.3, 0.4) is 0 Å². The standard InChI is InChI=1S/C14H18NO4/c1-8-5-12(7-18-11(4)16)6-9(2)13(8)19-14(17)10(3)15/h5-6,10,15H,7H2,1-4H3/q-1. The SMILES string of the molecule is CC(=O)OCc1cc(C)c(OC(=O)C(C)[NH-])c(C)c1. The molecule has 0 aliphatic rings. The van der Waals surface area contributed by atoms with Crippen molar-refractivity contribution in [2.75, 3.05) is 0 Å². The van der Waals surface area contributed by atoms with Crippen LogP contribution in [0, 0.1) is 13.8 Å². The molecule has 1 aromatic carbocycles. The summed E-state index contributed by atoms with van der Waals surface area (Å²) in [5.74, 6) is -0.455. The van der Waals surface area contributed by atoms with Gasteiger partial charge in [-0.3, -0.25) is 9.59 Å². The zero-order valence-electron chi connectivity index (χ0n) is 11.6. The van der Waals surface area contributed by atoms with Gasteiger partial charge in [0, 0.05) is 6.92 Å². The molecule has 0 aromatic heterocycles. The predicted octanol–water partition coefficient (Wildman–Crippen LogP) is 2.71. The van der Waals surface area contributed by atoms with Gasteiger partial charge in [0.25, 0.3) is 5.97 Å². The van der Waals surface area contributed by atoms with Crippen molar-refractivity contribution in [1.29, 1.82) is 0 Å². The number of esters is 2. The lowest BCUT2D eigenvalue weighted by Crippen LogP contribution is -2.20. The highest BCUT2D eigenvalue weighted by Crippen LogP contribution is 2.25. The predicted molar refractivity (Wildman–Crippen MR) is 70.8 cm³/mol. The molecule has 0 aliphatic carbocycles.